The molecule has 0 aliphatic heterocycles. The molecule has 0 spiro atoms. The third-order valence-electron chi connectivity index (χ3n) is 2.07. The average molecular weight is 222 g/mol. The van der Waals surface area contributed by atoms with E-state index >= 15 is 0 Å². The van der Waals surface area contributed by atoms with Crippen LogP contribution >= 0.6 is 0 Å². The third kappa shape index (κ3) is 5.12. The molecule has 0 amide bonds. The van der Waals surface area contributed by atoms with Crippen molar-refractivity contribution in [2.75, 3.05) is 6.61 Å². The Balaban J connectivity index is 2.53. The fraction of sp³-hybridized carbons (Fsp3) is 0.615. The Bertz CT molecular complexity index is 318. The summed E-state index contributed by atoms with van der Waals surface area (Å²) < 4.78 is 5.54. The smallest absolute Gasteiger partial charge is 0.137 e. The van der Waals surface area contributed by atoms with Gasteiger partial charge in [-0.05, 0) is 38.8 Å². The van der Waals surface area contributed by atoms with E-state index in [1.54, 1.807) is 6.20 Å². The summed E-state index contributed by atoms with van der Waals surface area (Å²) in [7, 11) is 0. The molecule has 0 radical (unpaired) electrons. The molecule has 90 valence electrons. The molecule has 1 aromatic heterocycles. The second-order valence-corrected chi connectivity index (χ2v) is 4.98. The molecule has 3 heteroatoms. The number of ether oxygens (including phenoxy) is 1. The molecule has 0 fully saturated rings. The molecule has 0 atom stereocenters. The van der Waals surface area contributed by atoms with Gasteiger partial charge in [-0.1, -0.05) is 6.92 Å². The Morgan fingerprint density at radius 3 is 2.69 bits per heavy atom. The van der Waals surface area contributed by atoms with Crippen molar-refractivity contribution in [1.82, 2.24) is 10.3 Å². The number of rotatable bonds is 5. The van der Waals surface area contributed by atoms with E-state index in [1.807, 2.05) is 12.3 Å². The van der Waals surface area contributed by atoms with E-state index in [0.717, 1.165) is 30.9 Å². The zero-order valence-corrected chi connectivity index (χ0v) is 10.7. The summed E-state index contributed by atoms with van der Waals surface area (Å²) in [5, 5.41) is 3.43. The van der Waals surface area contributed by atoms with Crippen molar-refractivity contribution in [3.63, 3.8) is 0 Å². The van der Waals surface area contributed by atoms with Crippen LogP contribution in [0.25, 0.3) is 0 Å². The van der Waals surface area contributed by atoms with Crippen molar-refractivity contribution in [3.05, 3.63) is 24.0 Å². The van der Waals surface area contributed by atoms with Crippen molar-refractivity contribution in [3.8, 4) is 5.75 Å². The van der Waals surface area contributed by atoms with Gasteiger partial charge in [-0.15, -0.1) is 0 Å². The Kier molecular flexibility index (Phi) is 4.74. The predicted molar refractivity (Wildman–Crippen MR) is 66.6 cm³/mol. The van der Waals surface area contributed by atoms with Gasteiger partial charge in [0, 0.05) is 18.3 Å². The minimum Gasteiger partial charge on any atom is -0.492 e. The summed E-state index contributed by atoms with van der Waals surface area (Å²) in [4.78, 5) is 4.17. The monoisotopic (exact) mass is 222 g/mol. The average Bonchev–Trinajstić information content (AvgIpc) is 2.23. The van der Waals surface area contributed by atoms with E-state index in [-0.39, 0.29) is 5.54 Å². The Morgan fingerprint density at radius 1 is 1.31 bits per heavy atom. The van der Waals surface area contributed by atoms with Crippen LogP contribution in [-0.4, -0.2) is 17.1 Å². The first kappa shape index (κ1) is 13.0. The lowest BCUT2D eigenvalue weighted by Crippen LogP contribution is -2.35. The van der Waals surface area contributed by atoms with Crippen LogP contribution in [-0.2, 0) is 6.54 Å². The zero-order chi connectivity index (χ0) is 12.0. The number of nitrogens with zero attached hydrogens (tertiary/aromatic N) is 1. The van der Waals surface area contributed by atoms with Crippen LogP contribution in [0.1, 0.15) is 39.7 Å². The molecule has 1 heterocycles. The van der Waals surface area contributed by atoms with Gasteiger partial charge in [-0.3, -0.25) is 4.98 Å². The van der Waals surface area contributed by atoms with Crippen molar-refractivity contribution in [2.45, 2.75) is 46.2 Å². The first-order valence-corrected chi connectivity index (χ1v) is 5.83. The maximum absolute atomic E-state index is 5.54. The minimum atomic E-state index is 0.125. The van der Waals surface area contributed by atoms with Gasteiger partial charge >= 0.3 is 0 Å². The summed E-state index contributed by atoms with van der Waals surface area (Å²) in [6.07, 6.45) is 4.65. The van der Waals surface area contributed by atoms with Crippen LogP contribution in [0.5, 0.6) is 5.75 Å². The van der Waals surface area contributed by atoms with Crippen LogP contribution in [0.15, 0.2) is 18.5 Å². The maximum Gasteiger partial charge on any atom is 0.137 e. The van der Waals surface area contributed by atoms with E-state index < -0.39 is 0 Å². The summed E-state index contributed by atoms with van der Waals surface area (Å²) in [5.41, 5.74) is 1.28. The van der Waals surface area contributed by atoms with Gasteiger partial charge in [0.2, 0.25) is 0 Å². The molecule has 1 N–H and O–H groups in total. The second kappa shape index (κ2) is 5.85. The number of hydrogen-bond acceptors (Lipinski definition) is 3. The number of hydrogen-bond donors (Lipinski definition) is 1. The topological polar surface area (TPSA) is 34.1 Å². The first-order chi connectivity index (χ1) is 7.51. The normalized spacial score (nSPS) is 11.5. The molecule has 0 saturated heterocycles. The SMILES string of the molecule is CCCOc1cncc(CNC(C)(C)C)c1. The van der Waals surface area contributed by atoms with Crippen molar-refractivity contribution >= 4 is 0 Å². The van der Waals surface area contributed by atoms with E-state index in [9.17, 15) is 0 Å². The largest absolute Gasteiger partial charge is 0.492 e. The number of nitrogens with one attached hydrogen (secondary N) is 1. The highest BCUT2D eigenvalue weighted by molar-refractivity contribution is 5.23. The molecule has 1 rings (SSSR count). The van der Waals surface area contributed by atoms with Gasteiger partial charge in [-0.25, -0.2) is 0 Å². The fourth-order valence-corrected chi connectivity index (χ4v) is 1.23. The lowest BCUT2D eigenvalue weighted by atomic mass is 10.1. The van der Waals surface area contributed by atoms with Gasteiger partial charge < -0.3 is 10.1 Å². The molecule has 0 saturated carbocycles. The molecule has 16 heavy (non-hydrogen) atoms. The van der Waals surface area contributed by atoms with Crippen molar-refractivity contribution in [2.24, 2.45) is 0 Å². The van der Waals surface area contributed by atoms with Gasteiger partial charge in [0.25, 0.3) is 0 Å². The second-order valence-electron chi connectivity index (χ2n) is 4.98. The summed E-state index contributed by atoms with van der Waals surface area (Å²) in [6.45, 7) is 10.1. The summed E-state index contributed by atoms with van der Waals surface area (Å²) >= 11 is 0. The molecule has 0 bridgehead atoms. The lowest BCUT2D eigenvalue weighted by molar-refractivity contribution is 0.315. The fourth-order valence-electron chi connectivity index (χ4n) is 1.23. The Labute approximate surface area is 98.2 Å². The highest BCUT2D eigenvalue weighted by Gasteiger charge is 2.08. The lowest BCUT2D eigenvalue weighted by Gasteiger charge is -2.20. The molecule has 0 aliphatic rings. The predicted octanol–water partition coefficient (Wildman–Crippen LogP) is 2.76. The van der Waals surface area contributed by atoms with Crippen LogP contribution in [0, 0.1) is 0 Å². The van der Waals surface area contributed by atoms with E-state index in [0.29, 0.717) is 0 Å². The Hall–Kier alpha value is -1.09. The van der Waals surface area contributed by atoms with E-state index in [2.05, 4.69) is 38.0 Å². The Morgan fingerprint density at radius 2 is 2.06 bits per heavy atom. The molecule has 0 aliphatic carbocycles. The zero-order valence-electron chi connectivity index (χ0n) is 10.7. The maximum atomic E-state index is 5.54. The van der Waals surface area contributed by atoms with Crippen LogP contribution in [0.2, 0.25) is 0 Å². The molecule has 0 unspecified atom stereocenters. The van der Waals surface area contributed by atoms with Crippen LogP contribution < -0.4 is 10.1 Å². The molecule has 1 aromatic rings. The van der Waals surface area contributed by atoms with Crippen molar-refractivity contribution < 1.29 is 4.74 Å². The quantitative estimate of drug-likeness (QED) is 0.831. The van der Waals surface area contributed by atoms with Gasteiger partial charge in [0.15, 0.2) is 0 Å². The molecular weight excluding hydrogens is 200 g/mol. The summed E-state index contributed by atoms with van der Waals surface area (Å²) in [5.74, 6) is 0.857. The van der Waals surface area contributed by atoms with Gasteiger partial charge in [-0.2, -0.15) is 0 Å². The van der Waals surface area contributed by atoms with E-state index in [1.165, 1.54) is 0 Å². The molecule has 3 nitrogen and oxygen atoms in total. The number of aromatic nitrogens is 1. The minimum absolute atomic E-state index is 0.125. The van der Waals surface area contributed by atoms with Gasteiger partial charge in [0.05, 0.1) is 12.8 Å². The van der Waals surface area contributed by atoms with E-state index in [4.69, 9.17) is 4.74 Å². The number of pyridine rings is 1. The third-order valence-corrected chi connectivity index (χ3v) is 2.07. The van der Waals surface area contributed by atoms with Crippen molar-refractivity contribution in [1.29, 1.82) is 0 Å². The highest BCUT2D eigenvalue weighted by atomic mass is 16.5. The first-order valence-electron chi connectivity index (χ1n) is 5.83. The standard InChI is InChI=1S/C13H22N2O/c1-5-6-16-12-7-11(8-14-10-12)9-15-13(2,3)4/h7-8,10,15H,5-6,9H2,1-4H3. The van der Waals surface area contributed by atoms with Crippen LogP contribution in [0.4, 0.5) is 0 Å². The molecule has 0 aromatic carbocycles. The van der Waals surface area contributed by atoms with Crippen LogP contribution in [0.3, 0.4) is 0 Å². The summed E-state index contributed by atoms with van der Waals surface area (Å²) in [6, 6.07) is 2.04. The highest BCUT2D eigenvalue weighted by Crippen LogP contribution is 2.12. The van der Waals surface area contributed by atoms with Gasteiger partial charge in [0.1, 0.15) is 5.75 Å². The molecular formula is C13H22N2O.